The van der Waals surface area contributed by atoms with Crippen LogP contribution in [0.3, 0.4) is 0 Å². The van der Waals surface area contributed by atoms with Gasteiger partial charge in [0.15, 0.2) is 0 Å². The van der Waals surface area contributed by atoms with E-state index < -0.39 is 5.97 Å². The van der Waals surface area contributed by atoms with E-state index in [9.17, 15) is 9.59 Å². The fourth-order valence-electron chi connectivity index (χ4n) is 2.07. The highest BCUT2D eigenvalue weighted by Crippen LogP contribution is 2.17. The van der Waals surface area contributed by atoms with Gasteiger partial charge in [0.05, 0.1) is 12.5 Å². The third kappa shape index (κ3) is 4.51. The van der Waals surface area contributed by atoms with Gasteiger partial charge in [0.25, 0.3) is 0 Å². The number of carbonyl (C=O) groups is 2. The van der Waals surface area contributed by atoms with Crippen molar-refractivity contribution >= 4 is 23.6 Å². The highest BCUT2D eigenvalue weighted by atomic mass is 16.5. The number of carboxylic acids is 1. The second kappa shape index (κ2) is 6.86. The Labute approximate surface area is 117 Å². The molecule has 2 rings (SSSR count). The van der Waals surface area contributed by atoms with Gasteiger partial charge in [-0.1, -0.05) is 12.1 Å². The number of hydrogen-bond acceptors (Lipinski definition) is 3. The van der Waals surface area contributed by atoms with Crippen molar-refractivity contribution in [3.05, 3.63) is 35.9 Å². The van der Waals surface area contributed by atoms with Gasteiger partial charge < -0.3 is 15.2 Å². The summed E-state index contributed by atoms with van der Waals surface area (Å²) in [5.74, 6) is -1.05. The molecule has 0 aromatic heterocycles. The molecule has 1 unspecified atom stereocenters. The van der Waals surface area contributed by atoms with Gasteiger partial charge in [-0.15, -0.1) is 0 Å². The zero-order chi connectivity index (χ0) is 14.4. The lowest BCUT2D eigenvalue weighted by molar-refractivity contribution is -0.131. The molecule has 1 aromatic rings. The number of amides is 1. The number of hydrogen-bond donors (Lipinski definition) is 2. The van der Waals surface area contributed by atoms with Crippen molar-refractivity contribution in [2.75, 3.05) is 11.9 Å². The van der Waals surface area contributed by atoms with Crippen LogP contribution in [0.15, 0.2) is 30.3 Å². The molecular formula is C15H17NO4. The minimum Gasteiger partial charge on any atom is -0.478 e. The van der Waals surface area contributed by atoms with Gasteiger partial charge >= 0.3 is 5.97 Å². The summed E-state index contributed by atoms with van der Waals surface area (Å²) in [5.41, 5.74) is 1.46. The van der Waals surface area contributed by atoms with Gasteiger partial charge in [-0.05, 0) is 36.6 Å². The second-order valence-electron chi connectivity index (χ2n) is 4.68. The van der Waals surface area contributed by atoms with Crippen molar-refractivity contribution in [1.29, 1.82) is 0 Å². The van der Waals surface area contributed by atoms with E-state index in [4.69, 9.17) is 9.84 Å². The van der Waals surface area contributed by atoms with E-state index >= 15 is 0 Å². The molecular weight excluding hydrogens is 258 g/mol. The summed E-state index contributed by atoms with van der Waals surface area (Å²) in [6.45, 7) is 0.739. The minimum absolute atomic E-state index is 0.0350. The molecule has 1 aromatic carbocycles. The van der Waals surface area contributed by atoms with Crippen molar-refractivity contribution in [2.45, 2.75) is 25.4 Å². The average molecular weight is 275 g/mol. The van der Waals surface area contributed by atoms with Crippen molar-refractivity contribution in [3.63, 3.8) is 0 Å². The molecule has 20 heavy (non-hydrogen) atoms. The van der Waals surface area contributed by atoms with Crippen LogP contribution in [0.1, 0.15) is 24.8 Å². The van der Waals surface area contributed by atoms with Crippen LogP contribution in [-0.2, 0) is 14.3 Å². The predicted molar refractivity (Wildman–Crippen MR) is 75.3 cm³/mol. The molecule has 5 nitrogen and oxygen atoms in total. The van der Waals surface area contributed by atoms with Crippen LogP contribution >= 0.6 is 0 Å². The van der Waals surface area contributed by atoms with Crippen LogP contribution in [0.25, 0.3) is 6.08 Å². The smallest absolute Gasteiger partial charge is 0.328 e. The molecule has 1 fully saturated rings. The molecule has 2 N–H and O–H groups in total. The summed E-state index contributed by atoms with van der Waals surface area (Å²) in [6, 6.07) is 6.99. The molecule has 0 saturated carbocycles. The van der Waals surface area contributed by atoms with Gasteiger partial charge in [-0.25, -0.2) is 4.79 Å². The number of rotatable bonds is 5. The number of carbonyl (C=O) groups excluding carboxylic acids is 1. The standard InChI is InChI=1S/C15H17NO4/c17-14(10-13-2-1-9-20-13)16-12-6-3-11(4-7-12)5-8-15(18)19/h3-8,13H,1-2,9-10H2,(H,16,17)(H,18,19). The van der Waals surface area contributed by atoms with Crippen LogP contribution in [0, 0.1) is 0 Å². The summed E-state index contributed by atoms with van der Waals surface area (Å²) >= 11 is 0. The van der Waals surface area contributed by atoms with Crippen LogP contribution in [0.4, 0.5) is 5.69 Å². The first-order chi connectivity index (χ1) is 9.63. The number of aliphatic carboxylic acids is 1. The molecule has 1 heterocycles. The maximum Gasteiger partial charge on any atom is 0.328 e. The zero-order valence-electron chi connectivity index (χ0n) is 11.0. The molecule has 1 amide bonds. The SMILES string of the molecule is O=C(O)C=Cc1ccc(NC(=O)CC2CCCO2)cc1. The Kier molecular flexibility index (Phi) is 4.90. The highest BCUT2D eigenvalue weighted by molar-refractivity contribution is 5.91. The summed E-state index contributed by atoms with van der Waals surface area (Å²) in [7, 11) is 0. The maximum atomic E-state index is 11.8. The van der Waals surface area contributed by atoms with Crippen molar-refractivity contribution < 1.29 is 19.4 Å². The third-order valence-corrected chi connectivity index (χ3v) is 3.05. The normalized spacial score (nSPS) is 18.3. The van der Waals surface area contributed by atoms with Crippen LogP contribution in [0.5, 0.6) is 0 Å². The van der Waals surface area contributed by atoms with E-state index in [1.165, 1.54) is 6.08 Å². The molecule has 1 atom stereocenters. The quantitative estimate of drug-likeness (QED) is 0.808. The number of carboxylic acid groups (broad SMARTS) is 1. The lowest BCUT2D eigenvalue weighted by Crippen LogP contribution is -2.19. The second-order valence-corrected chi connectivity index (χ2v) is 4.68. The Hall–Kier alpha value is -2.14. The summed E-state index contributed by atoms with van der Waals surface area (Å²) < 4.78 is 5.41. The fourth-order valence-corrected chi connectivity index (χ4v) is 2.07. The highest BCUT2D eigenvalue weighted by Gasteiger charge is 2.18. The monoisotopic (exact) mass is 275 g/mol. The van der Waals surface area contributed by atoms with E-state index in [2.05, 4.69) is 5.32 Å². The van der Waals surface area contributed by atoms with Crippen molar-refractivity contribution in [2.24, 2.45) is 0 Å². The molecule has 1 saturated heterocycles. The average Bonchev–Trinajstić information content (AvgIpc) is 2.90. The molecule has 1 aliphatic rings. The Morgan fingerprint density at radius 3 is 2.70 bits per heavy atom. The van der Waals surface area contributed by atoms with Gasteiger partial charge in [-0.2, -0.15) is 0 Å². The van der Waals surface area contributed by atoms with Crippen molar-refractivity contribution in [3.8, 4) is 0 Å². The molecule has 0 spiro atoms. The first kappa shape index (κ1) is 14.3. The summed E-state index contributed by atoms with van der Waals surface area (Å²) in [4.78, 5) is 22.2. The zero-order valence-corrected chi connectivity index (χ0v) is 11.0. The predicted octanol–water partition coefficient (Wildman–Crippen LogP) is 2.29. The molecule has 0 bridgehead atoms. The van der Waals surface area contributed by atoms with Gasteiger partial charge in [0.2, 0.25) is 5.91 Å². The van der Waals surface area contributed by atoms with E-state index in [1.54, 1.807) is 24.3 Å². The number of nitrogens with one attached hydrogen (secondary N) is 1. The van der Waals surface area contributed by atoms with E-state index in [0.717, 1.165) is 31.1 Å². The number of anilines is 1. The lowest BCUT2D eigenvalue weighted by atomic mass is 10.1. The Morgan fingerprint density at radius 2 is 2.10 bits per heavy atom. The Morgan fingerprint density at radius 1 is 1.35 bits per heavy atom. The van der Waals surface area contributed by atoms with Gasteiger partial charge in [-0.3, -0.25) is 4.79 Å². The number of ether oxygens (including phenoxy) is 1. The lowest BCUT2D eigenvalue weighted by Gasteiger charge is -2.09. The first-order valence-electron chi connectivity index (χ1n) is 6.56. The van der Waals surface area contributed by atoms with Gasteiger partial charge in [0, 0.05) is 18.4 Å². The van der Waals surface area contributed by atoms with Crippen LogP contribution in [0.2, 0.25) is 0 Å². The van der Waals surface area contributed by atoms with Gasteiger partial charge in [0.1, 0.15) is 0 Å². The summed E-state index contributed by atoms with van der Waals surface area (Å²) in [5, 5.41) is 11.3. The molecule has 1 aliphatic heterocycles. The first-order valence-corrected chi connectivity index (χ1v) is 6.56. The molecule has 106 valence electrons. The fraction of sp³-hybridized carbons (Fsp3) is 0.333. The molecule has 5 heteroatoms. The third-order valence-electron chi connectivity index (χ3n) is 3.05. The molecule has 0 aliphatic carbocycles. The Bertz CT molecular complexity index is 501. The van der Waals surface area contributed by atoms with Crippen LogP contribution in [-0.4, -0.2) is 29.7 Å². The topological polar surface area (TPSA) is 75.6 Å². The van der Waals surface area contributed by atoms with E-state index in [0.29, 0.717) is 12.1 Å². The maximum absolute atomic E-state index is 11.8. The molecule has 0 radical (unpaired) electrons. The van der Waals surface area contributed by atoms with E-state index in [-0.39, 0.29) is 12.0 Å². The number of benzene rings is 1. The van der Waals surface area contributed by atoms with Crippen molar-refractivity contribution in [1.82, 2.24) is 0 Å². The summed E-state index contributed by atoms with van der Waals surface area (Å²) in [6.07, 6.45) is 4.94. The Balaban J connectivity index is 1.86. The van der Waals surface area contributed by atoms with Crippen LogP contribution < -0.4 is 5.32 Å². The minimum atomic E-state index is -0.987. The van der Waals surface area contributed by atoms with E-state index in [1.807, 2.05) is 0 Å². The largest absolute Gasteiger partial charge is 0.478 e.